The van der Waals surface area contributed by atoms with E-state index in [1.165, 1.54) is 68.9 Å². The average molecular weight is 709 g/mol. The number of aromatic nitrogens is 1. The summed E-state index contributed by atoms with van der Waals surface area (Å²) in [6.45, 7) is 14.2. The van der Waals surface area contributed by atoms with E-state index in [4.69, 9.17) is 10.1 Å². The van der Waals surface area contributed by atoms with E-state index in [0.29, 0.717) is 11.8 Å². The number of benzene rings is 4. The Morgan fingerprint density at radius 1 is 0.950 bits per heavy atom. The van der Waals surface area contributed by atoms with E-state index in [0.717, 1.165) is 17.7 Å². The summed E-state index contributed by atoms with van der Waals surface area (Å²) < 4.78 is 0. The van der Waals surface area contributed by atoms with Gasteiger partial charge in [0.1, 0.15) is 0 Å². The normalized spacial score (nSPS) is 11.6. The molecule has 0 aliphatic heterocycles. The maximum Gasteiger partial charge on any atom is 0.155 e. The Balaban J connectivity index is 0.000000492. The molecule has 0 unspecified atom stereocenters. The summed E-state index contributed by atoms with van der Waals surface area (Å²) in [6.07, 6.45) is 4.16. The predicted octanol–water partition coefficient (Wildman–Crippen LogP) is 9.67. The zero-order chi connectivity index (χ0) is 28.3. The van der Waals surface area contributed by atoms with Crippen molar-refractivity contribution >= 4 is 38.1 Å². The smallest absolute Gasteiger partial charge is 0.155 e. The van der Waals surface area contributed by atoms with Crippen LogP contribution >= 0.6 is 0 Å². The molecule has 40 heavy (non-hydrogen) atoms. The van der Waals surface area contributed by atoms with E-state index < -0.39 is 0 Å². The van der Waals surface area contributed by atoms with E-state index in [-0.39, 0.29) is 31.6 Å². The quantitative estimate of drug-likeness (QED) is 0.0857. The average Bonchev–Trinajstić information content (AvgIpc) is 2.87. The molecule has 0 spiro atoms. The van der Waals surface area contributed by atoms with Gasteiger partial charge in [-0.1, -0.05) is 81.1 Å². The van der Waals surface area contributed by atoms with Crippen molar-refractivity contribution in [2.75, 3.05) is 0 Å². The van der Waals surface area contributed by atoms with E-state index in [1.54, 1.807) is 0 Å². The Labute approximate surface area is 251 Å². The molecule has 5 aromatic rings. The van der Waals surface area contributed by atoms with Gasteiger partial charge in [-0.05, 0) is 77.8 Å². The standard InChI is InChI=1S/C31H30N.C5H8O2.Ir/c1-19(2)16-24-18-25(17-23-11-10-22-8-6-7-9-28(22)30(23)24)31-29-13-12-26(20(3)4)21(5)27(29)14-15-32-31;1-4(6)3-5(2)7;/h6-15,18-20H,16H2,1-5H3;3,6H,1-2H3;/q-1;;/b;4-3-;. The number of hydrogen-bond donors (Lipinski definition) is 1. The second-order valence-corrected chi connectivity index (χ2v) is 11.1. The second-order valence-electron chi connectivity index (χ2n) is 11.1. The zero-order valence-electron chi connectivity index (χ0n) is 24.4. The molecule has 0 aliphatic rings. The molecule has 0 atom stereocenters. The van der Waals surface area contributed by atoms with Crippen LogP contribution < -0.4 is 0 Å². The van der Waals surface area contributed by atoms with E-state index >= 15 is 0 Å². The van der Waals surface area contributed by atoms with Crippen molar-refractivity contribution in [1.29, 1.82) is 0 Å². The number of fused-ring (bicyclic) bond motifs is 4. The molecule has 0 aliphatic carbocycles. The van der Waals surface area contributed by atoms with Gasteiger partial charge in [0.25, 0.3) is 0 Å². The van der Waals surface area contributed by atoms with Crippen LogP contribution in [0.2, 0.25) is 0 Å². The van der Waals surface area contributed by atoms with Crippen LogP contribution in [-0.4, -0.2) is 15.9 Å². The number of rotatable bonds is 5. The van der Waals surface area contributed by atoms with Crippen molar-refractivity contribution < 1.29 is 30.0 Å². The minimum absolute atomic E-state index is 0. The van der Waals surface area contributed by atoms with Crippen LogP contribution in [0.1, 0.15) is 64.2 Å². The summed E-state index contributed by atoms with van der Waals surface area (Å²) in [5, 5.41) is 16.0. The van der Waals surface area contributed by atoms with Gasteiger partial charge in [0.05, 0.1) is 5.76 Å². The number of pyridine rings is 1. The topological polar surface area (TPSA) is 50.2 Å². The summed E-state index contributed by atoms with van der Waals surface area (Å²) in [5.41, 5.74) is 6.26. The first-order valence-electron chi connectivity index (χ1n) is 13.7. The molecule has 1 aromatic heterocycles. The zero-order valence-corrected chi connectivity index (χ0v) is 26.8. The minimum Gasteiger partial charge on any atom is -0.512 e. The maximum atomic E-state index is 10.0. The monoisotopic (exact) mass is 709 g/mol. The van der Waals surface area contributed by atoms with Gasteiger partial charge in [-0.25, -0.2) is 0 Å². The van der Waals surface area contributed by atoms with Gasteiger partial charge < -0.3 is 5.11 Å². The van der Waals surface area contributed by atoms with Crippen LogP contribution in [-0.2, 0) is 31.3 Å². The summed E-state index contributed by atoms with van der Waals surface area (Å²) in [5.74, 6) is 1.02. The third kappa shape index (κ3) is 6.86. The number of carbonyl (C=O) groups is 1. The summed E-state index contributed by atoms with van der Waals surface area (Å²) in [6, 6.07) is 25.9. The molecule has 5 rings (SSSR count). The number of aliphatic hydroxyl groups excluding tert-OH is 1. The van der Waals surface area contributed by atoms with Crippen molar-refractivity contribution in [2.45, 2.75) is 60.8 Å². The van der Waals surface area contributed by atoms with Gasteiger partial charge in [0, 0.05) is 38.1 Å². The molecule has 1 radical (unpaired) electrons. The van der Waals surface area contributed by atoms with Gasteiger partial charge in [-0.3, -0.25) is 9.78 Å². The molecule has 0 saturated heterocycles. The number of hydrogen-bond acceptors (Lipinski definition) is 3. The SMILES string of the molecule is CC(=O)/C=C(/C)O.Cc1c(C(C)C)ccc2c(-c3[c-]c4ccc5ccccc5c4c(CC(C)C)c3)nccc12.[Ir]. The molecule has 0 amide bonds. The van der Waals surface area contributed by atoms with Crippen molar-refractivity contribution in [3.8, 4) is 11.3 Å². The molecular weight excluding hydrogens is 671 g/mol. The van der Waals surface area contributed by atoms with Gasteiger partial charge in [0.2, 0.25) is 0 Å². The molecule has 0 fully saturated rings. The number of allylic oxidation sites excluding steroid dienone is 2. The van der Waals surface area contributed by atoms with Crippen LogP contribution in [0.5, 0.6) is 0 Å². The summed E-state index contributed by atoms with van der Waals surface area (Å²) in [4.78, 5) is 14.9. The fourth-order valence-corrected chi connectivity index (χ4v) is 5.43. The third-order valence-corrected chi connectivity index (χ3v) is 7.01. The Morgan fingerprint density at radius 3 is 2.30 bits per heavy atom. The summed E-state index contributed by atoms with van der Waals surface area (Å²) >= 11 is 0. The summed E-state index contributed by atoms with van der Waals surface area (Å²) in [7, 11) is 0. The molecular formula is C36H38IrNO2-. The van der Waals surface area contributed by atoms with Crippen LogP contribution in [0.15, 0.2) is 78.7 Å². The van der Waals surface area contributed by atoms with Gasteiger partial charge in [0.15, 0.2) is 5.78 Å². The van der Waals surface area contributed by atoms with Crippen molar-refractivity contribution in [1.82, 2.24) is 4.98 Å². The molecule has 3 nitrogen and oxygen atoms in total. The Morgan fingerprint density at radius 2 is 1.68 bits per heavy atom. The Hall–Kier alpha value is -3.33. The van der Waals surface area contributed by atoms with E-state index in [9.17, 15) is 4.79 Å². The van der Waals surface area contributed by atoms with Gasteiger partial charge >= 0.3 is 0 Å². The minimum atomic E-state index is -0.125. The number of carbonyl (C=O) groups excluding carboxylic acids is 1. The molecule has 0 bridgehead atoms. The van der Waals surface area contributed by atoms with Crippen LogP contribution in [0.3, 0.4) is 0 Å². The van der Waals surface area contributed by atoms with Crippen molar-refractivity contribution in [3.63, 3.8) is 0 Å². The number of nitrogens with zero attached hydrogens (tertiary/aromatic N) is 1. The maximum absolute atomic E-state index is 10.0. The number of ketones is 1. The fourth-order valence-electron chi connectivity index (χ4n) is 5.43. The molecule has 1 N–H and O–H groups in total. The van der Waals surface area contributed by atoms with Crippen LogP contribution in [0.4, 0.5) is 0 Å². The largest absolute Gasteiger partial charge is 0.512 e. The Kier molecular flexibility index (Phi) is 10.4. The first kappa shape index (κ1) is 31.2. The Bertz CT molecular complexity index is 1690. The van der Waals surface area contributed by atoms with Gasteiger partial charge in [-0.2, -0.15) is 0 Å². The van der Waals surface area contributed by atoms with Crippen LogP contribution in [0, 0.1) is 18.9 Å². The molecule has 4 aromatic carbocycles. The second kappa shape index (κ2) is 13.4. The fraction of sp³-hybridized carbons (Fsp3) is 0.278. The van der Waals surface area contributed by atoms with E-state index in [2.05, 4.69) is 101 Å². The third-order valence-electron chi connectivity index (χ3n) is 7.01. The van der Waals surface area contributed by atoms with E-state index in [1.807, 2.05) is 6.20 Å². The predicted molar refractivity (Wildman–Crippen MR) is 165 cm³/mol. The molecule has 0 saturated carbocycles. The first-order chi connectivity index (χ1) is 18.6. The van der Waals surface area contributed by atoms with Crippen molar-refractivity contribution in [2.24, 2.45) is 5.92 Å². The number of aryl methyl sites for hydroxylation is 1. The number of aliphatic hydroxyl groups is 1. The first-order valence-corrected chi connectivity index (χ1v) is 13.7. The molecule has 1 heterocycles. The van der Waals surface area contributed by atoms with Crippen molar-refractivity contribution in [3.05, 3.63) is 101 Å². The molecule has 209 valence electrons. The molecule has 4 heteroatoms. The van der Waals surface area contributed by atoms with Crippen LogP contribution in [0.25, 0.3) is 43.6 Å². The van der Waals surface area contributed by atoms with Gasteiger partial charge in [-0.15, -0.1) is 29.1 Å².